The van der Waals surface area contributed by atoms with Crippen LogP contribution in [-0.2, 0) is 6.54 Å². The van der Waals surface area contributed by atoms with Crippen LogP contribution in [0.15, 0.2) is 41.3 Å². The van der Waals surface area contributed by atoms with Gasteiger partial charge in [-0.3, -0.25) is 9.36 Å². The fourth-order valence-corrected chi connectivity index (χ4v) is 3.07. The molecule has 0 saturated carbocycles. The van der Waals surface area contributed by atoms with Gasteiger partial charge in [-0.2, -0.15) is 0 Å². The molecular weight excluding hydrogens is 326 g/mol. The minimum Gasteiger partial charge on any atom is -0.395 e. The van der Waals surface area contributed by atoms with E-state index in [9.17, 15) is 4.79 Å². The summed E-state index contributed by atoms with van der Waals surface area (Å²) in [5, 5.41) is 8.86. The van der Waals surface area contributed by atoms with Gasteiger partial charge in [0.1, 0.15) is 11.5 Å². The first-order valence-electron chi connectivity index (χ1n) is 8.41. The molecule has 2 aromatic rings. The molecule has 5 nitrogen and oxygen atoms in total. The van der Waals surface area contributed by atoms with Gasteiger partial charge in [-0.1, -0.05) is 18.2 Å². The second-order valence-electron chi connectivity index (χ2n) is 6.24. The Bertz CT molecular complexity index is 1070. The molecule has 2 aliphatic carbocycles. The van der Waals surface area contributed by atoms with E-state index in [0.717, 1.165) is 17.2 Å². The van der Waals surface area contributed by atoms with Crippen molar-refractivity contribution in [1.29, 1.82) is 0 Å². The molecule has 5 heteroatoms. The lowest BCUT2D eigenvalue weighted by Crippen LogP contribution is -2.21. The van der Waals surface area contributed by atoms with Gasteiger partial charge in [-0.15, -0.1) is 6.42 Å². The average Bonchev–Trinajstić information content (AvgIpc) is 2.89. The van der Waals surface area contributed by atoms with E-state index in [0.29, 0.717) is 5.69 Å². The summed E-state index contributed by atoms with van der Waals surface area (Å²) in [6, 6.07) is 9.82. The normalized spacial score (nSPS) is 10.7. The van der Waals surface area contributed by atoms with Crippen LogP contribution in [0.4, 0.5) is 0 Å². The van der Waals surface area contributed by atoms with E-state index in [2.05, 4.69) is 36.0 Å². The molecule has 0 spiro atoms. The molecule has 0 unspecified atom stereocenters. The summed E-state index contributed by atoms with van der Waals surface area (Å²) in [4.78, 5) is 16.2. The molecule has 0 aliphatic heterocycles. The van der Waals surface area contributed by atoms with E-state index < -0.39 is 0 Å². The highest BCUT2D eigenvalue weighted by atomic mass is 16.3. The van der Waals surface area contributed by atoms with Crippen molar-refractivity contribution >= 4 is 0 Å². The number of imidazole rings is 1. The summed E-state index contributed by atoms with van der Waals surface area (Å²) >= 11 is 0. The molecule has 26 heavy (non-hydrogen) atoms. The highest BCUT2D eigenvalue weighted by Gasteiger charge is 2.12. The zero-order chi connectivity index (χ0) is 18.8. The van der Waals surface area contributed by atoms with E-state index in [-0.39, 0.29) is 18.7 Å². The molecule has 2 aliphatic rings. The molecular formula is C21H21N3O2. The van der Waals surface area contributed by atoms with Crippen molar-refractivity contribution < 1.29 is 5.11 Å². The van der Waals surface area contributed by atoms with Crippen molar-refractivity contribution in [1.82, 2.24) is 14.1 Å². The molecule has 2 aromatic heterocycles. The Morgan fingerprint density at radius 3 is 2.35 bits per heavy atom. The van der Waals surface area contributed by atoms with Gasteiger partial charge >= 0.3 is 0 Å². The minimum absolute atomic E-state index is 0.0658. The molecule has 132 valence electrons. The van der Waals surface area contributed by atoms with Crippen LogP contribution >= 0.6 is 0 Å². The first-order valence-corrected chi connectivity index (χ1v) is 8.41. The third kappa shape index (κ3) is 3.07. The lowest BCUT2D eigenvalue weighted by molar-refractivity contribution is 0.274. The molecule has 0 aromatic carbocycles. The summed E-state index contributed by atoms with van der Waals surface area (Å²) in [7, 11) is 0. The first-order chi connectivity index (χ1) is 12.5. The Labute approximate surface area is 152 Å². The molecule has 0 amide bonds. The first kappa shape index (κ1) is 17.7. The molecule has 0 atom stereocenters. The molecule has 0 bridgehead atoms. The van der Waals surface area contributed by atoms with Crippen LogP contribution in [-0.4, -0.2) is 25.8 Å². The maximum Gasteiger partial charge on any atom is 0.252 e. The van der Waals surface area contributed by atoms with E-state index in [1.807, 2.05) is 18.4 Å². The molecule has 2 heterocycles. The van der Waals surface area contributed by atoms with Crippen molar-refractivity contribution in [3.63, 3.8) is 0 Å². The quantitative estimate of drug-likeness (QED) is 0.580. The van der Waals surface area contributed by atoms with Crippen molar-refractivity contribution in [3.05, 3.63) is 69.7 Å². The number of fused-ring (bicyclic) bond motifs is 1. The number of aliphatic hydroxyl groups excluding tert-OH is 1. The minimum atomic E-state index is -0.165. The molecule has 0 radical (unpaired) electrons. The number of aromatic nitrogens is 3. The SMILES string of the molecule is C#Cc1nc(C)n(-c2ccn(CCO)c(=O)c2)c1C.Cc1cc2ccc1-2. The average molecular weight is 347 g/mol. The van der Waals surface area contributed by atoms with Crippen LogP contribution in [0, 0.1) is 33.1 Å². The van der Waals surface area contributed by atoms with Gasteiger partial charge in [0.2, 0.25) is 0 Å². The number of terminal acetylenes is 1. The highest BCUT2D eigenvalue weighted by Crippen LogP contribution is 2.35. The standard InChI is InChI=1S/C14H15N3O2.C7H6/c1-4-13-10(2)17(11(3)15-13)12-5-6-16(7-8-18)14(19)9-12;1-5-4-6-2-3-7(5)6/h1,5-6,9,18H,7-8H2,2-3H3;2-4H,1H3. The number of aliphatic hydroxyl groups is 1. The Morgan fingerprint density at radius 2 is 1.96 bits per heavy atom. The van der Waals surface area contributed by atoms with E-state index in [1.54, 1.807) is 12.3 Å². The van der Waals surface area contributed by atoms with Gasteiger partial charge in [0.05, 0.1) is 18.0 Å². The van der Waals surface area contributed by atoms with Gasteiger partial charge in [-0.05, 0) is 49.4 Å². The predicted octanol–water partition coefficient (Wildman–Crippen LogP) is 2.60. The van der Waals surface area contributed by atoms with Crippen molar-refractivity contribution in [2.45, 2.75) is 27.3 Å². The van der Waals surface area contributed by atoms with E-state index in [4.69, 9.17) is 11.5 Å². The zero-order valence-electron chi connectivity index (χ0n) is 15.2. The Balaban J connectivity index is 0.000000229. The Hall–Kier alpha value is -3.10. The van der Waals surface area contributed by atoms with Crippen LogP contribution in [0.2, 0.25) is 0 Å². The zero-order valence-corrected chi connectivity index (χ0v) is 15.2. The van der Waals surface area contributed by atoms with Crippen molar-refractivity contribution in [2.24, 2.45) is 0 Å². The third-order valence-electron chi connectivity index (χ3n) is 4.53. The van der Waals surface area contributed by atoms with Gasteiger partial charge in [0.15, 0.2) is 0 Å². The smallest absolute Gasteiger partial charge is 0.252 e. The molecule has 4 rings (SSSR count). The second-order valence-corrected chi connectivity index (χ2v) is 6.24. The number of aryl methyl sites for hydroxylation is 2. The molecule has 0 fully saturated rings. The lowest BCUT2D eigenvalue weighted by Gasteiger charge is -2.17. The van der Waals surface area contributed by atoms with Gasteiger partial charge in [0, 0.05) is 18.8 Å². The summed E-state index contributed by atoms with van der Waals surface area (Å²) in [6.45, 7) is 6.07. The number of hydrogen-bond acceptors (Lipinski definition) is 3. The fourth-order valence-electron chi connectivity index (χ4n) is 3.07. The highest BCUT2D eigenvalue weighted by molar-refractivity contribution is 5.80. The predicted molar refractivity (Wildman–Crippen MR) is 102 cm³/mol. The topological polar surface area (TPSA) is 60.1 Å². The third-order valence-corrected chi connectivity index (χ3v) is 4.53. The van der Waals surface area contributed by atoms with Crippen LogP contribution in [0.25, 0.3) is 16.8 Å². The largest absolute Gasteiger partial charge is 0.395 e. The summed E-state index contributed by atoms with van der Waals surface area (Å²) in [5.74, 6) is 3.26. The molecule has 0 saturated heterocycles. The van der Waals surface area contributed by atoms with Crippen LogP contribution in [0.1, 0.15) is 22.8 Å². The number of pyridine rings is 1. The fraction of sp³-hybridized carbons (Fsp3) is 0.238. The van der Waals surface area contributed by atoms with E-state index >= 15 is 0 Å². The van der Waals surface area contributed by atoms with Crippen LogP contribution in [0.5, 0.6) is 0 Å². The number of rotatable bonds is 3. The molecule has 1 N–H and O–H groups in total. The maximum absolute atomic E-state index is 11.9. The van der Waals surface area contributed by atoms with Gasteiger partial charge in [0.25, 0.3) is 5.56 Å². The lowest BCUT2D eigenvalue weighted by atomic mass is 9.88. The summed E-state index contributed by atoms with van der Waals surface area (Å²) < 4.78 is 3.30. The number of benzene rings is 1. The maximum atomic E-state index is 11.9. The second kappa shape index (κ2) is 7.03. The monoisotopic (exact) mass is 347 g/mol. The van der Waals surface area contributed by atoms with Gasteiger partial charge in [-0.25, -0.2) is 4.98 Å². The van der Waals surface area contributed by atoms with Crippen LogP contribution in [0.3, 0.4) is 0 Å². The Morgan fingerprint density at radius 1 is 1.19 bits per heavy atom. The summed E-state index contributed by atoms with van der Waals surface area (Å²) in [5.41, 5.74) is 6.33. The number of nitrogens with zero attached hydrogens (tertiary/aromatic N) is 3. The number of hydrogen-bond donors (Lipinski definition) is 1. The van der Waals surface area contributed by atoms with Crippen LogP contribution < -0.4 is 5.56 Å². The van der Waals surface area contributed by atoms with Crippen molar-refractivity contribution in [2.75, 3.05) is 6.61 Å². The summed E-state index contributed by atoms with van der Waals surface area (Å²) in [6.07, 6.45) is 7.04. The van der Waals surface area contributed by atoms with Crippen molar-refractivity contribution in [3.8, 4) is 29.2 Å². The Kier molecular flexibility index (Phi) is 4.79. The van der Waals surface area contributed by atoms with E-state index in [1.165, 1.54) is 27.3 Å². The van der Waals surface area contributed by atoms with Gasteiger partial charge < -0.3 is 9.67 Å².